The van der Waals surface area contributed by atoms with Crippen LogP contribution < -0.4 is 31.3 Å². The number of fused-ring (bicyclic) bond motifs is 3. The lowest BCUT2D eigenvalue weighted by atomic mass is 9.76. The molecule has 5 aromatic carbocycles. The Morgan fingerprint density at radius 3 is 1.81 bits per heavy atom. The van der Waals surface area contributed by atoms with Gasteiger partial charge in [-0.05, 0) is 140 Å². The van der Waals surface area contributed by atoms with Crippen LogP contribution in [0, 0.1) is 17.3 Å². The average Bonchev–Trinajstić information content (AvgIpc) is 3.99. The third kappa shape index (κ3) is 14.4. The number of likely N-dealkylation sites (tertiary alicyclic amines) is 1. The molecule has 0 spiro atoms. The summed E-state index contributed by atoms with van der Waals surface area (Å²) in [7, 11) is 1.71. The molecule has 1 saturated heterocycles. The predicted molar refractivity (Wildman–Crippen MR) is 320 cm³/mol. The van der Waals surface area contributed by atoms with Gasteiger partial charge in [0, 0.05) is 55.8 Å². The first-order chi connectivity index (χ1) is 39.9. The number of benzene rings is 5. The van der Waals surface area contributed by atoms with E-state index in [1.165, 1.54) is 11.1 Å². The van der Waals surface area contributed by atoms with Crippen LogP contribution in [-0.4, -0.2) is 94.8 Å². The summed E-state index contributed by atoms with van der Waals surface area (Å²) in [5, 5.41) is 15.8. The van der Waals surface area contributed by atoms with E-state index in [1.807, 2.05) is 126 Å². The maximum absolute atomic E-state index is 15.0. The van der Waals surface area contributed by atoms with Gasteiger partial charge in [0.1, 0.15) is 36.3 Å². The quantitative estimate of drug-likeness (QED) is 0.0507. The molecule has 0 bridgehead atoms. The second-order valence-corrected chi connectivity index (χ2v) is 24.5. The van der Waals surface area contributed by atoms with Gasteiger partial charge in [0.15, 0.2) is 0 Å². The van der Waals surface area contributed by atoms with E-state index >= 15 is 0 Å². The minimum Gasteiger partial charge on any atom is -0.489 e. The molecular weight excluding hydrogens is 1040 g/mol. The van der Waals surface area contributed by atoms with Crippen molar-refractivity contribution in [2.24, 2.45) is 17.3 Å². The van der Waals surface area contributed by atoms with Crippen molar-refractivity contribution in [3.8, 4) is 5.75 Å². The Hall–Kier alpha value is -7.65. The lowest BCUT2D eigenvalue weighted by Gasteiger charge is -2.39. The Bertz CT molecular complexity index is 3150. The number of ether oxygens (including phenoxy) is 1. The Kier molecular flexibility index (Phi) is 19.3. The first kappa shape index (κ1) is 60.0. The standard InChI is InChI=1S/C68H83N7O8/c1-8-42(2)62(77)73-58(67(82)74-39-50-20-10-9-19-49(50)36-59(74)64(79)71-56-25-15-21-46-17-11-13-23-53(46)56)35-44-29-33-52(34-30-44)83-41-45-27-31-48(32-28-45)63(78)70-51-37-60(65(80)72-57-26-16-22-47-18-12-14-24-54(47)57)75(40-51)66(81)55(68(4,5)6)38-61(76)43(3)69-7/h9-14,17-20,23-24,27-34,42-43,51,55-60,69H,8,15-16,21-22,25-26,35-41H2,1-7H3,(H,70,78)(H,71,79)(H,72,80)(H,73,77)/t42-,43+,51?,55-,56?,57?,58+,59+,60+/m1/s1. The van der Waals surface area contributed by atoms with Crippen molar-refractivity contribution in [1.29, 1.82) is 0 Å². The summed E-state index contributed by atoms with van der Waals surface area (Å²) in [6.07, 6.45) is 6.76. The average molecular weight is 1130 g/mol. The van der Waals surface area contributed by atoms with Crippen molar-refractivity contribution in [3.63, 3.8) is 0 Å². The summed E-state index contributed by atoms with van der Waals surface area (Å²) in [5.41, 5.74) is 8.05. The van der Waals surface area contributed by atoms with E-state index in [1.54, 1.807) is 35.9 Å². The highest BCUT2D eigenvalue weighted by atomic mass is 16.5. The molecule has 15 heteroatoms. The first-order valence-corrected chi connectivity index (χ1v) is 29.9. The molecule has 2 heterocycles. The Morgan fingerprint density at radius 1 is 0.651 bits per heavy atom. The summed E-state index contributed by atoms with van der Waals surface area (Å²) in [4.78, 5) is 103. The van der Waals surface area contributed by atoms with Gasteiger partial charge in [-0.3, -0.25) is 33.6 Å². The normalized spacial score (nSPS) is 20.7. The number of hydrogen-bond acceptors (Lipinski definition) is 9. The number of carbonyl (C=O) groups excluding carboxylic acids is 7. The lowest BCUT2D eigenvalue weighted by Crippen LogP contribution is -2.58. The molecule has 5 aromatic rings. The van der Waals surface area contributed by atoms with Crippen LogP contribution in [-0.2, 0) is 67.6 Å². The van der Waals surface area contributed by atoms with Gasteiger partial charge >= 0.3 is 0 Å². The molecule has 0 radical (unpaired) electrons. The SMILES string of the molecule is CC[C@@H](C)C(=O)N[C@@H](Cc1ccc(OCc2ccc(C(=O)NC3C[C@@H](C(=O)NC4CCCc5ccccc54)N(C(=O)[C@@H](CC(=O)[C@H](C)NC)C(C)(C)C)C3)cc2)cc1)C(=O)N1Cc2ccccc2C[C@H]1C(=O)NC1CCCc2ccccc21. The predicted octanol–water partition coefficient (Wildman–Crippen LogP) is 8.61. The number of likely N-dealkylation sites (N-methyl/N-ethyl adjacent to an activating group) is 1. The van der Waals surface area contributed by atoms with Gasteiger partial charge in [-0.25, -0.2) is 0 Å². The van der Waals surface area contributed by atoms with Crippen LogP contribution in [0.5, 0.6) is 5.75 Å². The molecule has 83 heavy (non-hydrogen) atoms. The van der Waals surface area contributed by atoms with Crippen molar-refractivity contribution >= 4 is 41.2 Å². The second-order valence-electron chi connectivity index (χ2n) is 24.5. The van der Waals surface area contributed by atoms with E-state index in [2.05, 4.69) is 44.8 Å². The van der Waals surface area contributed by atoms with Gasteiger partial charge in [0.05, 0.1) is 18.1 Å². The lowest BCUT2D eigenvalue weighted by molar-refractivity contribution is -0.146. The highest BCUT2D eigenvalue weighted by Gasteiger charge is 2.46. The van der Waals surface area contributed by atoms with E-state index in [0.29, 0.717) is 24.2 Å². The highest BCUT2D eigenvalue weighted by Crippen LogP contribution is 2.36. The molecule has 0 saturated carbocycles. The molecule has 438 valence electrons. The molecule has 4 aliphatic rings. The summed E-state index contributed by atoms with van der Waals surface area (Å²) in [6, 6.07) is 34.8. The molecule has 15 nitrogen and oxygen atoms in total. The van der Waals surface area contributed by atoms with Crippen LogP contribution in [0.3, 0.4) is 0 Å². The molecule has 2 aliphatic carbocycles. The minimum absolute atomic E-state index is 0.0159. The smallest absolute Gasteiger partial charge is 0.251 e. The number of nitrogens with zero attached hydrogens (tertiary/aromatic N) is 2. The fourth-order valence-electron chi connectivity index (χ4n) is 12.3. The number of ketones is 1. The summed E-state index contributed by atoms with van der Waals surface area (Å²) in [6.45, 7) is 11.9. The zero-order chi connectivity index (χ0) is 59.0. The van der Waals surface area contributed by atoms with Crippen LogP contribution >= 0.6 is 0 Å². The first-order valence-electron chi connectivity index (χ1n) is 29.9. The number of amides is 6. The third-order valence-electron chi connectivity index (χ3n) is 17.8. The summed E-state index contributed by atoms with van der Waals surface area (Å²) >= 11 is 0. The van der Waals surface area contributed by atoms with Crippen molar-refractivity contribution < 1.29 is 38.3 Å². The van der Waals surface area contributed by atoms with Crippen molar-refractivity contribution in [2.75, 3.05) is 13.6 Å². The van der Waals surface area contributed by atoms with Gasteiger partial charge in [-0.1, -0.05) is 132 Å². The minimum atomic E-state index is -0.939. The molecule has 2 aliphatic heterocycles. The van der Waals surface area contributed by atoms with Crippen LogP contribution in [0.25, 0.3) is 0 Å². The van der Waals surface area contributed by atoms with E-state index in [4.69, 9.17) is 4.74 Å². The van der Waals surface area contributed by atoms with E-state index in [-0.39, 0.29) is 98.2 Å². The van der Waals surface area contributed by atoms with Crippen molar-refractivity contribution in [1.82, 2.24) is 36.4 Å². The molecule has 3 unspecified atom stereocenters. The fourth-order valence-corrected chi connectivity index (χ4v) is 12.3. The maximum Gasteiger partial charge on any atom is 0.251 e. The van der Waals surface area contributed by atoms with Crippen molar-refractivity contribution in [2.45, 2.75) is 168 Å². The summed E-state index contributed by atoms with van der Waals surface area (Å²) in [5.74, 6) is -2.18. The Labute approximate surface area is 489 Å². The molecule has 5 N–H and O–H groups in total. The van der Waals surface area contributed by atoms with Gasteiger partial charge < -0.3 is 41.1 Å². The van der Waals surface area contributed by atoms with Crippen LogP contribution in [0.1, 0.15) is 153 Å². The van der Waals surface area contributed by atoms with E-state index in [9.17, 15) is 33.6 Å². The van der Waals surface area contributed by atoms with Crippen molar-refractivity contribution in [3.05, 3.63) is 171 Å². The van der Waals surface area contributed by atoms with Gasteiger partial charge in [0.2, 0.25) is 29.5 Å². The monoisotopic (exact) mass is 1130 g/mol. The number of hydrogen-bond donors (Lipinski definition) is 5. The Morgan fingerprint density at radius 2 is 1.22 bits per heavy atom. The number of carbonyl (C=O) groups is 7. The number of Topliss-reactive ketones (excluding diaryl/α,β-unsaturated/α-hetero) is 1. The zero-order valence-corrected chi connectivity index (χ0v) is 49.3. The largest absolute Gasteiger partial charge is 0.489 e. The van der Waals surface area contributed by atoms with Crippen LogP contribution in [0.2, 0.25) is 0 Å². The van der Waals surface area contributed by atoms with Gasteiger partial charge in [-0.15, -0.1) is 0 Å². The number of rotatable bonds is 20. The molecule has 1 fully saturated rings. The van der Waals surface area contributed by atoms with E-state index in [0.717, 1.165) is 71.9 Å². The molecule has 9 rings (SSSR count). The van der Waals surface area contributed by atoms with E-state index < -0.39 is 41.5 Å². The highest BCUT2D eigenvalue weighted by molar-refractivity contribution is 5.96. The molecule has 9 atom stereocenters. The fraction of sp³-hybridized carbons (Fsp3) is 0.456. The zero-order valence-electron chi connectivity index (χ0n) is 49.3. The second kappa shape index (κ2) is 26.7. The number of nitrogens with one attached hydrogen (secondary N) is 5. The van der Waals surface area contributed by atoms with Gasteiger partial charge in [-0.2, -0.15) is 0 Å². The Balaban J connectivity index is 0.844. The molecule has 0 aromatic heterocycles. The molecular formula is C68H83N7O8. The van der Waals surface area contributed by atoms with Crippen LogP contribution in [0.4, 0.5) is 0 Å². The summed E-state index contributed by atoms with van der Waals surface area (Å²) < 4.78 is 6.21. The topological polar surface area (TPSA) is 195 Å². The third-order valence-corrected chi connectivity index (χ3v) is 17.8. The number of aryl methyl sites for hydroxylation is 2. The van der Waals surface area contributed by atoms with Gasteiger partial charge in [0.25, 0.3) is 5.91 Å². The maximum atomic E-state index is 15.0. The molecule has 6 amide bonds. The van der Waals surface area contributed by atoms with Crippen LogP contribution in [0.15, 0.2) is 121 Å².